The first-order valence-corrected chi connectivity index (χ1v) is 19.1. The molecule has 0 bridgehead atoms. The second-order valence-electron chi connectivity index (χ2n) is 12.6. The van der Waals surface area contributed by atoms with Crippen LogP contribution in [0.5, 0.6) is 5.75 Å². The fourth-order valence-electron chi connectivity index (χ4n) is 5.78. The Kier molecular flexibility index (Phi) is 6.07. The number of benzene rings is 2. The zero-order chi connectivity index (χ0) is 27.1. The molecule has 0 saturated carbocycles. The Morgan fingerprint density at radius 2 is 1.54 bits per heavy atom. The first kappa shape index (κ1) is 26.5. The quantitative estimate of drug-likeness (QED) is 0.229. The summed E-state index contributed by atoms with van der Waals surface area (Å²) in [7, 11) is -4.21. The number of hydrogen-bond acceptors (Lipinski definition) is 5. The predicted octanol–water partition coefficient (Wildman–Crippen LogP) is 7.70. The summed E-state index contributed by atoms with van der Waals surface area (Å²) in [5.41, 5.74) is 3.36. The lowest BCUT2D eigenvalue weighted by molar-refractivity contribution is 0.0878. The van der Waals surface area contributed by atoms with Crippen molar-refractivity contribution < 1.29 is 23.2 Å². The van der Waals surface area contributed by atoms with Crippen molar-refractivity contribution in [2.75, 3.05) is 0 Å². The summed E-state index contributed by atoms with van der Waals surface area (Å²) >= 11 is 0. The van der Waals surface area contributed by atoms with Gasteiger partial charge in [0, 0.05) is 27.8 Å². The van der Waals surface area contributed by atoms with Gasteiger partial charge in [-0.25, -0.2) is 0 Å². The average molecular weight is 537 g/mol. The van der Waals surface area contributed by atoms with E-state index in [1.54, 1.807) is 0 Å². The predicted molar refractivity (Wildman–Crippen MR) is 152 cm³/mol. The van der Waals surface area contributed by atoms with Gasteiger partial charge in [-0.15, -0.1) is 0 Å². The number of carbonyl (C=O) groups is 2. The molecule has 5 nitrogen and oxygen atoms in total. The highest BCUT2D eigenvalue weighted by Gasteiger charge is 2.67. The summed E-state index contributed by atoms with van der Waals surface area (Å²) in [6.45, 7) is 19.5. The van der Waals surface area contributed by atoms with Crippen molar-refractivity contribution in [1.82, 2.24) is 0 Å². The lowest BCUT2D eigenvalue weighted by atomic mass is 9.78. The van der Waals surface area contributed by atoms with E-state index in [0.717, 1.165) is 40.6 Å². The minimum Gasteiger partial charge on any atom is -0.543 e. The molecular formula is C30H40O5Si2. The molecule has 3 aliphatic rings. The van der Waals surface area contributed by atoms with Crippen LogP contribution in [0.4, 0.5) is 0 Å². The third-order valence-electron chi connectivity index (χ3n) is 9.61. The van der Waals surface area contributed by atoms with Crippen molar-refractivity contribution >= 4 is 28.2 Å². The van der Waals surface area contributed by atoms with Crippen LogP contribution in [-0.2, 0) is 9.16 Å². The van der Waals surface area contributed by atoms with Gasteiger partial charge < -0.3 is 13.6 Å². The summed E-state index contributed by atoms with van der Waals surface area (Å²) in [6.07, 6.45) is -0.767. The highest BCUT2D eigenvalue weighted by Crippen LogP contribution is 2.57. The SMILES string of the molecule is CC[Si](CC)(CC)O[C@@H]1c2c(ccc3c2C(=O)c2cccc(O[Si](C)(C)C(C)(C)C)c2-3)C(=O)[C@@]2(C)O[C@@H]12. The third kappa shape index (κ3) is 3.76. The van der Waals surface area contributed by atoms with Gasteiger partial charge in [0.1, 0.15) is 18.0 Å². The molecule has 37 heavy (non-hydrogen) atoms. The molecule has 0 unspecified atom stereocenters. The van der Waals surface area contributed by atoms with Gasteiger partial charge in [0.2, 0.25) is 0 Å². The van der Waals surface area contributed by atoms with E-state index in [9.17, 15) is 9.59 Å². The molecule has 1 saturated heterocycles. The molecule has 1 heterocycles. The van der Waals surface area contributed by atoms with Crippen molar-refractivity contribution in [3.05, 3.63) is 52.6 Å². The molecule has 0 N–H and O–H groups in total. The van der Waals surface area contributed by atoms with E-state index in [0.29, 0.717) is 16.7 Å². The van der Waals surface area contributed by atoms with Crippen molar-refractivity contribution in [2.24, 2.45) is 0 Å². The first-order chi connectivity index (χ1) is 17.2. The molecule has 1 fully saturated rings. The zero-order valence-corrected chi connectivity index (χ0v) is 25.7. The Hall–Kier alpha value is -2.07. The number of ether oxygens (including phenoxy) is 1. The van der Waals surface area contributed by atoms with Gasteiger partial charge in [0.05, 0.1) is 0 Å². The van der Waals surface area contributed by atoms with Crippen LogP contribution in [0.1, 0.15) is 86.4 Å². The monoisotopic (exact) mass is 536 g/mol. The number of epoxide rings is 1. The van der Waals surface area contributed by atoms with E-state index in [1.807, 2.05) is 37.3 Å². The fraction of sp³-hybridized carbons (Fsp3) is 0.533. The Morgan fingerprint density at radius 3 is 2.14 bits per heavy atom. The van der Waals surface area contributed by atoms with Gasteiger partial charge >= 0.3 is 0 Å². The molecule has 0 radical (unpaired) electrons. The van der Waals surface area contributed by atoms with Crippen LogP contribution in [0, 0.1) is 0 Å². The van der Waals surface area contributed by atoms with Gasteiger partial charge in [-0.05, 0) is 54.8 Å². The van der Waals surface area contributed by atoms with E-state index in [4.69, 9.17) is 13.6 Å². The number of rotatable bonds is 7. The second-order valence-corrected chi connectivity index (χ2v) is 22.0. The Morgan fingerprint density at radius 1 is 0.919 bits per heavy atom. The van der Waals surface area contributed by atoms with Crippen molar-refractivity contribution in [2.45, 2.75) is 103 Å². The number of ketones is 2. The van der Waals surface area contributed by atoms with Crippen LogP contribution >= 0.6 is 0 Å². The normalized spacial score (nSPS) is 24.4. The molecular weight excluding hydrogens is 496 g/mol. The van der Waals surface area contributed by atoms with Crippen LogP contribution in [0.3, 0.4) is 0 Å². The number of carbonyl (C=O) groups excluding carboxylic acids is 2. The smallest absolute Gasteiger partial charge is 0.250 e. The summed E-state index contributed by atoms with van der Waals surface area (Å²) in [4.78, 5) is 27.6. The highest BCUT2D eigenvalue weighted by molar-refractivity contribution is 6.75. The molecule has 2 aromatic carbocycles. The van der Waals surface area contributed by atoms with Crippen LogP contribution in [0.2, 0.25) is 36.3 Å². The van der Waals surface area contributed by atoms with Crippen LogP contribution in [0.15, 0.2) is 30.3 Å². The molecule has 3 atom stereocenters. The van der Waals surface area contributed by atoms with Gasteiger partial charge in [-0.3, -0.25) is 9.59 Å². The fourth-order valence-corrected chi connectivity index (χ4v) is 9.59. The van der Waals surface area contributed by atoms with Crippen LogP contribution in [0.25, 0.3) is 11.1 Å². The molecule has 2 aromatic rings. The molecule has 198 valence electrons. The largest absolute Gasteiger partial charge is 0.543 e. The maximum absolute atomic E-state index is 14.1. The van der Waals surface area contributed by atoms with Gasteiger partial charge in [0.15, 0.2) is 25.5 Å². The maximum Gasteiger partial charge on any atom is 0.250 e. The summed E-state index contributed by atoms with van der Waals surface area (Å²) in [6, 6.07) is 12.5. The van der Waals surface area contributed by atoms with E-state index >= 15 is 0 Å². The van der Waals surface area contributed by atoms with E-state index < -0.39 is 28.3 Å². The second kappa shape index (κ2) is 8.47. The van der Waals surface area contributed by atoms with Crippen LogP contribution in [-0.4, -0.2) is 39.9 Å². The van der Waals surface area contributed by atoms with Gasteiger partial charge in [-0.1, -0.05) is 65.8 Å². The Labute approximate surface area is 223 Å². The summed E-state index contributed by atoms with van der Waals surface area (Å²) in [5, 5.41) is 0.0184. The summed E-state index contributed by atoms with van der Waals surface area (Å²) < 4.78 is 19.9. The number of fused-ring (bicyclic) bond motifs is 6. The minimum absolute atomic E-state index is 0.0184. The zero-order valence-electron chi connectivity index (χ0n) is 23.7. The van der Waals surface area contributed by atoms with E-state index in [1.165, 1.54) is 0 Å². The molecule has 0 aromatic heterocycles. The topological polar surface area (TPSA) is 65.1 Å². The van der Waals surface area contributed by atoms with Crippen molar-refractivity contribution in [3.8, 4) is 16.9 Å². The Bertz CT molecular complexity index is 1300. The third-order valence-corrected chi connectivity index (χ3v) is 18.6. The molecule has 2 aliphatic carbocycles. The summed E-state index contributed by atoms with van der Waals surface area (Å²) in [5.74, 6) is 0.654. The molecule has 0 amide bonds. The minimum atomic E-state index is -2.15. The molecule has 0 spiro atoms. The number of hydrogen-bond donors (Lipinski definition) is 0. The van der Waals surface area contributed by atoms with E-state index in [2.05, 4.69) is 54.6 Å². The Balaban J connectivity index is 1.70. The van der Waals surface area contributed by atoms with Crippen LogP contribution < -0.4 is 4.43 Å². The van der Waals surface area contributed by atoms with Crippen molar-refractivity contribution in [1.29, 1.82) is 0 Å². The molecule has 1 aliphatic heterocycles. The van der Waals surface area contributed by atoms with Crippen molar-refractivity contribution in [3.63, 3.8) is 0 Å². The lowest BCUT2D eigenvalue weighted by Gasteiger charge is -2.37. The maximum atomic E-state index is 14.1. The molecule has 5 rings (SSSR count). The lowest BCUT2D eigenvalue weighted by Crippen LogP contribution is -2.44. The highest BCUT2D eigenvalue weighted by atomic mass is 28.4. The standard InChI is InChI=1S/C30H40O5Si2/c1-10-37(11-2,12-3)35-26-24-20(27(32)30(7)28(26)33-30)17-16-18-22-19(25(31)23(18)24)14-13-15-21(22)34-36(8,9)29(4,5)6/h13-17,26,28H,10-12H2,1-9H3/t26-,28+,30-/m1/s1. The van der Waals surface area contributed by atoms with Gasteiger partial charge in [-0.2, -0.15) is 0 Å². The van der Waals surface area contributed by atoms with Gasteiger partial charge in [0.25, 0.3) is 8.32 Å². The first-order valence-electron chi connectivity index (χ1n) is 13.7. The molecule has 7 heteroatoms. The van der Waals surface area contributed by atoms with E-state index in [-0.39, 0.29) is 22.7 Å². The average Bonchev–Trinajstić information content (AvgIpc) is 3.47. The number of Topliss-reactive ketones (excluding diaryl/α,β-unsaturated/α-hetero) is 1.